The zero-order chi connectivity index (χ0) is 19.6. The van der Waals surface area contributed by atoms with E-state index in [1.807, 2.05) is 0 Å². The van der Waals surface area contributed by atoms with Gasteiger partial charge in [-0.3, -0.25) is 9.59 Å². The van der Waals surface area contributed by atoms with Crippen molar-refractivity contribution in [3.05, 3.63) is 59.7 Å². The van der Waals surface area contributed by atoms with Gasteiger partial charge in [-0.1, -0.05) is 12.1 Å². The molecule has 0 aromatic heterocycles. The van der Waals surface area contributed by atoms with E-state index in [4.69, 9.17) is 9.47 Å². The summed E-state index contributed by atoms with van der Waals surface area (Å²) in [6.45, 7) is 1.98. The Bertz CT molecular complexity index is 798. The van der Waals surface area contributed by atoms with Gasteiger partial charge in [0.2, 0.25) is 5.91 Å². The molecular formula is C21H23NO5. The van der Waals surface area contributed by atoms with E-state index in [-0.39, 0.29) is 31.1 Å². The number of ether oxygens (including phenoxy) is 2. The highest BCUT2D eigenvalue weighted by Gasteiger charge is 2.14. The Labute approximate surface area is 158 Å². The van der Waals surface area contributed by atoms with E-state index in [2.05, 4.69) is 5.32 Å². The van der Waals surface area contributed by atoms with Crippen LogP contribution in [0.15, 0.2) is 48.5 Å². The Balaban J connectivity index is 1.86. The van der Waals surface area contributed by atoms with Crippen molar-refractivity contribution < 1.29 is 23.9 Å². The normalized spacial score (nSPS) is 10.1. The minimum Gasteiger partial charge on any atom is -0.497 e. The Kier molecular flexibility index (Phi) is 7.55. The molecule has 1 amide bonds. The third kappa shape index (κ3) is 5.95. The zero-order valence-electron chi connectivity index (χ0n) is 15.5. The predicted molar refractivity (Wildman–Crippen MR) is 102 cm³/mol. The molecule has 2 aromatic carbocycles. The molecule has 1 N–H and O–H groups in total. The molecular weight excluding hydrogens is 346 g/mol. The van der Waals surface area contributed by atoms with E-state index >= 15 is 0 Å². The van der Waals surface area contributed by atoms with Crippen LogP contribution in [0.25, 0.3) is 0 Å². The van der Waals surface area contributed by atoms with Gasteiger partial charge in [0.15, 0.2) is 5.78 Å². The van der Waals surface area contributed by atoms with E-state index in [0.717, 1.165) is 0 Å². The first-order valence-corrected chi connectivity index (χ1v) is 8.78. The molecule has 0 radical (unpaired) electrons. The second-order valence-corrected chi connectivity index (χ2v) is 5.82. The number of hydrogen-bond acceptors (Lipinski definition) is 5. The maximum Gasteiger partial charge on any atom is 0.340 e. The van der Waals surface area contributed by atoms with E-state index in [1.54, 1.807) is 62.6 Å². The van der Waals surface area contributed by atoms with Crippen LogP contribution in [0.4, 0.5) is 5.69 Å². The third-order valence-electron chi connectivity index (χ3n) is 3.92. The van der Waals surface area contributed by atoms with Crippen LogP contribution in [-0.4, -0.2) is 31.4 Å². The molecule has 27 heavy (non-hydrogen) atoms. The molecule has 0 heterocycles. The van der Waals surface area contributed by atoms with E-state index in [1.165, 1.54) is 0 Å². The van der Waals surface area contributed by atoms with Crippen molar-refractivity contribution in [3.63, 3.8) is 0 Å². The molecule has 6 heteroatoms. The number of methoxy groups -OCH3 is 1. The first-order chi connectivity index (χ1) is 13.0. The summed E-state index contributed by atoms with van der Waals surface area (Å²) in [5, 5.41) is 2.71. The minimum absolute atomic E-state index is 0.0302. The highest BCUT2D eigenvalue weighted by molar-refractivity contribution is 6.01. The third-order valence-corrected chi connectivity index (χ3v) is 3.92. The standard InChI is InChI=1S/C21H23NO5/c1-3-27-21(25)17-7-4-5-8-18(17)22-20(24)10-6-9-19(23)15-11-13-16(26-2)14-12-15/h4-5,7-8,11-14H,3,6,9-10H2,1-2H3,(H,22,24). The number of carbonyl (C=O) groups is 3. The van der Waals surface area contributed by atoms with E-state index < -0.39 is 5.97 Å². The topological polar surface area (TPSA) is 81.7 Å². The Morgan fingerprint density at radius 1 is 0.963 bits per heavy atom. The summed E-state index contributed by atoms with van der Waals surface area (Å²) >= 11 is 0. The fraction of sp³-hybridized carbons (Fsp3) is 0.286. The summed E-state index contributed by atoms with van der Waals surface area (Å²) in [4.78, 5) is 36.2. The number of nitrogens with one attached hydrogen (secondary N) is 1. The average molecular weight is 369 g/mol. The number of ketones is 1. The van der Waals surface area contributed by atoms with Crippen LogP contribution in [0.1, 0.15) is 46.9 Å². The van der Waals surface area contributed by atoms with Gasteiger partial charge in [-0.05, 0) is 49.7 Å². The first kappa shape index (κ1) is 20.2. The summed E-state index contributed by atoms with van der Waals surface area (Å²) < 4.78 is 10.0. The lowest BCUT2D eigenvalue weighted by Gasteiger charge is -2.10. The number of benzene rings is 2. The quantitative estimate of drug-likeness (QED) is 0.536. The maximum absolute atomic E-state index is 12.2. The SMILES string of the molecule is CCOC(=O)c1ccccc1NC(=O)CCCC(=O)c1ccc(OC)cc1. The summed E-state index contributed by atoms with van der Waals surface area (Å²) in [7, 11) is 1.57. The number of para-hydroxylation sites is 1. The zero-order valence-corrected chi connectivity index (χ0v) is 15.5. The van der Waals surface area contributed by atoms with Gasteiger partial charge in [0.25, 0.3) is 0 Å². The molecule has 0 unspecified atom stereocenters. The van der Waals surface area contributed by atoms with Crippen molar-refractivity contribution >= 4 is 23.3 Å². The molecule has 0 saturated carbocycles. The van der Waals surface area contributed by atoms with Crippen molar-refractivity contribution in [2.75, 3.05) is 19.0 Å². The predicted octanol–water partition coefficient (Wildman–Crippen LogP) is 3.86. The average Bonchev–Trinajstić information content (AvgIpc) is 2.68. The van der Waals surface area contributed by atoms with Gasteiger partial charge >= 0.3 is 5.97 Å². The number of esters is 1. The van der Waals surface area contributed by atoms with Crippen LogP contribution in [0.5, 0.6) is 5.75 Å². The van der Waals surface area contributed by atoms with Gasteiger partial charge in [0, 0.05) is 18.4 Å². The lowest BCUT2D eigenvalue weighted by molar-refractivity contribution is -0.116. The monoisotopic (exact) mass is 369 g/mol. The van der Waals surface area contributed by atoms with Crippen LogP contribution >= 0.6 is 0 Å². The van der Waals surface area contributed by atoms with Crippen molar-refractivity contribution in [2.45, 2.75) is 26.2 Å². The molecule has 2 aromatic rings. The molecule has 0 aliphatic rings. The molecule has 0 spiro atoms. The minimum atomic E-state index is -0.483. The molecule has 0 saturated heterocycles. The van der Waals surface area contributed by atoms with Crippen molar-refractivity contribution in [1.82, 2.24) is 0 Å². The fourth-order valence-electron chi connectivity index (χ4n) is 2.52. The summed E-state index contributed by atoms with van der Waals surface area (Å²) in [5.74, 6) is -0.0825. The maximum atomic E-state index is 12.2. The van der Waals surface area contributed by atoms with Crippen LogP contribution in [-0.2, 0) is 9.53 Å². The van der Waals surface area contributed by atoms with Crippen molar-refractivity contribution in [3.8, 4) is 5.75 Å². The molecule has 0 aliphatic carbocycles. The van der Waals surface area contributed by atoms with Gasteiger partial charge in [-0.25, -0.2) is 4.79 Å². The molecule has 0 fully saturated rings. The Morgan fingerprint density at radius 2 is 1.67 bits per heavy atom. The molecule has 6 nitrogen and oxygen atoms in total. The number of carbonyl (C=O) groups excluding carboxylic acids is 3. The summed E-state index contributed by atoms with van der Waals surface area (Å²) in [5.41, 5.74) is 1.30. The lowest BCUT2D eigenvalue weighted by Crippen LogP contribution is -2.15. The van der Waals surface area contributed by atoms with Gasteiger partial charge < -0.3 is 14.8 Å². The second-order valence-electron chi connectivity index (χ2n) is 5.82. The van der Waals surface area contributed by atoms with Crippen molar-refractivity contribution in [2.24, 2.45) is 0 Å². The van der Waals surface area contributed by atoms with Gasteiger partial charge in [-0.2, -0.15) is 0 Å². The van der Waals surface area contributed by atoms with Crippen LogP contribution < -0.4 is 10.1 Å². The number of Topliss-reactive ketones (excluding diaryl/α,β-unsaturated/α-hetero) is 1. The molecule has 142 valence electrons. The van der Waals surface area contributed by atoms with E-state index in [0.29, 0.717) is 29.0 Å². The van der Waals surface area contributed by atoms with Gasteiger partial charge in [-0.15, -0.1) is 0 Å². The smallest absolute Gasteiger partial charge is 0.340 e. The largest absolute Gasteiger partial charge is 0.497 e. The Hall–Kier alpha value is -3.15. The van der Waals surface area contributed by atoms with E-state index in [9.17, 15) is 14.4 Å². The highest BCUT2D eigenvalue weighted by Crippen LogP contribution is 2.17. The second kappa shape index (κ2) is 10.1. The van der Waals surface area contributed by atoms with Crippen molar-refractivity contribution in [1.29, 1.82) is 0 Å². The lowest BCUT2D eigenvalue weighted by atomic mass is 10.1. The fourth-order valence-corrected chi connectivity index (χ4v) is 2.52. The van der Waals surface area contributed by atoms with Gasteiger partial charge in [0.05, 0.1) is 25.0 Å². The number of rotatable bonds is 9. The number of anilines is 1. The van der Waals surface area contributed by atoms with Gasteiger partial charge in [0.1, 0.15) is 5.75 Å². The molecule has 0 atom stereocenters. The van der Waals surface area contributed by atoms with Crippen LogP contribution in [0.2, 0.25) is 0 Å². The van der Waals surface area contributed by atoms with Crippen LogP contribution in [0.3, 0.4) is 0 Å². The molecule has 0 aliphatic heterocycles. The Morgan fingerprint density at radius 3 is 2.33 bits per heavy atom. The summed E-state index contributed by atoms with van der Waals surface area (Å²) in [6, 6.07) is 13.5. The summed E-state index contributed by atoms with van der Waals surface area (Å²) in [6.07, 6.45) is 0.858. The highest BCUT2D eigenvalue weighted by atomic mass is 16.5. The number of amides is 1. The molecule has 2 rings (SSSR count). The van der Waals surface area contributed by atoms with Crippen LogP contribution in [0, 0.1) is 0 Å². The first-order valence-electron chi connectivity index (χ1n) is 8.78. The number of hydrogen-bond donors (Lipinski definition) is 1. The molecule has 0 bridgehead atoms.